The predicted molar refractivity (Wildman–Crippen MR) is 52.7 cm³/mol. The zero-order valence-electron chi connectivity index (χ0n) is 7.15. The van der Waals surface area contributed by atoms with Crippen LogP contribution in [0.2, 0.25) is 0 Å². The molecule has 2 aromatic rings. The van der Waals surface area contributed by atoms with Crippen LogP contribution in [0.25, 0.3) is 0 Å². The lowest BCUT2D eigenvalue weighted by Gasteiger charge is -2.07. The summed E-state index contributed by atoms with van der Waals surface area (Å²) in [6.45, 7) is 0. The van der Waals surface area contributed by atoms with Crippen LogP contribution in [0, 0.1) is 0 Å². The van der Waals surface area contributed by atoms with Crippen molar-refractivity contribution in [2.24, 2.45) is 0 Å². The lowest BCUT2D eigenvalue weighted by molar-refractivity contribution is 0.466. The minimum Gasteiger partial charge on any atom is -0.502 e. The molecular formula is C10H7NO3. The second kappa shape index (κ2) is 2.99. The summed E-state index contributed by atoms with van der Waals surface area (Å²) in [5.41, 5.74) is -0.870. The minimum absolute atomic E-state index is 0.0267. The van der Waals surface area contributed by atoms with Crippen molar-refractivity contribution in [3.05, 3.63) is 50.8 Å². The van der Waals surface area contributed by atoms with Crippen molar-refractivity contribution in [3.8, 4) is 5.75 Å². The van der Waals surface area contributed by atoms with Crippen LogP contribution < -0.4 is 16.2 Å². The summed E-state index contributed by atoms with van der Waals surface area (Å²) in [5, 5.41) is 11.7. The van der Waals surface area contributed by atoms with Crippen LogP contribution in [0.3, 0.4) is 0 Å². The van der Waals surface area contributed by atoms with Gasteiger partial charge in [0, 0.05) is 5.69 Å². The van der Waals surface area contributed by atoms with Crippen LogP contribution in [-0.4, -0.2) is 5.11 Å². The second-order valence-corrected chi connectivity index (χ2v) is 2.87. The zero-order chi connectivity index (χ0) is 10.1. The minimum atomic E-state index is -0.830. The van der Waals surface area contributed by atoms with E-state index in [9.17, 15) is 9.59 Å². The van der Waals surface area contributed by atoms with Gasteiger partial charge in [-0.25, -0.2) is 0 Å². The van der Waals surface area contributed by atoms with E-state index in [4.69, 9.17) is 5.11 Å². The van der Waals surface area contributed by atoms with E-state index in [0.29, 0.717) is 5.69 Å². The number of anilines is 2. The number of aromatic hydroxyl groups is 1. The molecule has 0 aliphatic rings. The average Bonchev–Trinajstić information content (AvgIpc) is 2.26. The number of hydrogen-bond donors (Lipinski definition) is 2. The maximum absolute atomic E-state index is 10.9. The molecule has 0 radical (unpaired) electrons. The Bertz CT molecular complexity index is 524. The Morgan fingerprint density at radius 1 is 1.00 bits per heavy atom. The van der Waals surface area contributed by atoms with Crippen molar-refractivity contribution in [2.75, 3.05) is 5.32 Å². The van der Waals surface area contributed by atoms with Crippen LogP contribution in [0.5, 0.6) is 5.75 Å². The third-order valence-electron chi connectivity index (χ3n) is 1.93. The zero-order valence-corrected chi connectivity index (χ0v) is 7.15. The van der Waals surface area contributed by atoms with Crippen LogP contribution >= 0.6 is 0 Å². The maximum atomic E-state index is 10.9. The monoisotopic (exact) mass is 189 g/mol. The molecular weight excluding hydrogens is 182 g/mol. The van der Waals surface area contributed by atoms with Crippen molar-refractivity contribution >= 4 is 11.4 Å². The van der Waals surface area contributed by atoms with Crippen molar-refractivity contribution < 1.29 is 5.11 Å². The third-order valence-corrected chi connectivity index (χ3v) is 1.93. The number of benzene rings is 1. The van der Waals surface area contributed by atoms with E-state index in [1.165, 1.54) is 0 Å². The van der Waals surface area contributed by atoms with Crippen molar-refractivity contribution in [1.82, 2.24) is 0 Å². The van der Waals surface area contributed by atoms with Gasteiger partial charge in [-0.15, -0.1) is 0 Å². The molecule has 0 atom stereocenters. The van der Waals surface area contributed by atoms with Crippen LogP contribution in [0.1, 0.15) is 0 Å². The summed E-state index contributed by atoms with van der Waals surface area (Å²) < 4.78 is 0. The summed E-state index contributed by atoms with van der Waals surface area (Å²) in [7, 11) is 0. The van der Waals surface area contributed by atoms with E-state index in [0.717, 1.165) is 0 Å². The average molecular weight is 189 g/mol. The number of nitrogens with one attached hydrogen (secondary N) is 1. The highest BCUT2D eigenvalue weighted by Crippen LogP contribution is 2.20. The van der Waals surface area contributed by atoms with Gasteiger partial charge in [0.1, 0.15) is 5.69 Å². The van der Waals surface area contributed by atoms with E-state index in [1.54, 1.807) is 24.3 Å². The number of para-hydroxylation sites is 1. The second-order valence-electron chi connectivity index (χ2n) is 2.87. The van der Waals surface area contributed by atoms with Gasteiger partial charge in [-0.2, -0.15) is 0 Å². The van der Waals surface area contributed by atoms with Crippen LogP contribution in [0.15, 0.2) is 39.9 Å². The highest BCUT2D eigenvalue weighted by molar-refractivity contribution is 5.69. The van der Waals surface area contributed by atoms with Gasteiger partial charge in [0.05, 0.1) is 0 Å². The highest BCUT2D eigenvalue weighted by atomic mass is 16.3. The molecule has 2 rings (SSSR count). The summed E-state index contributed by atoms with van der Waals surface area (Å²) in [6.07, 6.45) is 0. The molecule has 0 heterocycles. The Kier molecular flexibility index (Phi) is 1.81. The van der Waals surface area contributed by atoms with Crippen LogP contribution in [-0.2, 0) is 0 Å². The smallest absolute Gasteiger partial charge is 0.271 e. The maximum Gasteiger partial charge on any atom is 0.271 e. The van der Waals surface area contributed by atoms with Gasteiger partial charge in [-0.05, 0) is 12.1 Å². The first-order valence-corrected chi connectivity index (χ1v) is 4.04. The molecule has 70 valence electrons. The molecule has 2 N–H and O–H groups in total. The van der Waals surface area contributed by atoms with Gasteiger partial charge in [-0.1, -0.05) is 18.2 Å². The van der Waals surface area contributed by atoms with Crippen LogP contribution in [0.4, 0.5) is 11.4 Å². The fraction of sp³-hybridized carbons (Fsp3) is 0. The molecule has 0 fully saturated rings. The summed E-state index contributed by atoms with van der Waals surface area (Å²) in [6, 6.07) is 8.86. The molecule has 0 spiro atoms. The van der Waals surface area contributed by atoms with Gasteiger partial charge in [0.25, 0.3) is 10.9 Å². The highest BCUT2D eigenvalue weighted by Gasteiger charge is 2.19. The van der Waals surface area contributed by atoms with E-state index >= 15 is 0 Å². The summed E-state index contributed by atoms with van der Waals surface area (Å²) in [5.74, 6) is -0.487. The van der Waals surface area contributed by atoms with E-state index in [1.807, 2.05) is 6.07 Å². The predicted octanol–water partition coefficient (Wildman–Crippen LogP) is 0.732. The quantitative estimate of drug-likeness (QED) is 0.683. The van der Waals surface area contributed by atoms with Gasteiger partial charge in [0.2, 0.25) is 0 Å². The fourth-order valence-electron chi connectivity index (χ4n) is 1.16. The van der Waals surface area contributed by atoms with Gasteiger partial charge < -0.3 is 10.4 Å². The Morgan fingerprint density at radius 3 is 2.21 bits per heavy atom. The third kappa shape index (κ3) is 1.17. The van der Waals surface area contributed by atoms with Gasteiger partial charge >= 0.3 is 0 Å². The molecule has 2 aromatic carbocycles. The molecule has 0 bridgehead atoms. The number of hydrogen-bond acceptors (Lipinski definition) is 4. The fourth-order valence-corrected chi connectivity index (χ4v) is 1.16. The van der Waals surface area contributed by atoms with Crippen molar-refractivity contribution in [2.45, 2.75) is 0 Å². The molecule has 0 aliphatic carbocycles. The lowest BCUT2D eigenvalue weighted by atomic mass is 10.2. The van der Waals surface area contributed by atoms with Gasteiger partial charge in [-0.3, -0.25) is 9.59 Å². The Labute approximate surface area is 79.1 Å². The Morgan fingerprint density at radius 2 is 1.64 bits per heavy atom. The summed E-state index contributed by atoms with van der Waals surface area (Å²) >= 11 is 0. The van der Waals surface area contributed by atoms with E-state index < -0.39 is 16.6 Å². The molecule has 0 saturated heterocycles. The largest absolute Gasteiger partial charge is 0.502 e. The lowest BCUT2D eigenvalue weighted by Crippen LogP contribution is -2.32. The molecule has 0 amide bonds. The molecule has 4 nitrogen and oxygen atoms in total. The topological polar surface area (TPSA) is 66.4 Å². The molecule has 0 unspecified atom stereocenters. The molecule has 0 saturated carbocycles. The first-order valence-electron chi connectivity index (χ1n) is 4.04. The normalized spacial score (nSPS) is 10.3. The Hall–Kier alpha value is -2.10. The van der Waals surface area contributed by atoms with Crippen molar-refractivity contribution in [3.63, 3.8) is 0 Å². The number of rotatable bonds is 2. The van der Waals surface area contributed by atoms with Gasteiger partial charge in [0.15, 0.2) is 5.75 Å². The van der Waals surface area contributed by atoms with Crippen molar-refractivity contribution in [1.29, 1.82) is 0 Å². The first kappa shape index (κ1) is 8.50. The van der Waals surface area contributed by atoms with E-state index in [2.05, 4.69) is 5.32 Å². The molecule has 0 aliphatic heterocycles. The SMILES string of the molecule is O=c1c(O)c(Nc2ccccc2)c1=O. The first-order chi connectivity index (χ1) is 6.70. The molecule has 0 aromatic heterocycles. The Balaban J connectivity index is 2.30. The van der Waals surface area contributed by atoms with E-state index in [-0.39, 0.29) is 5.69 Å². The molecule has 14 heavy (non-hydrogen) atoms. The molecule has 4 heteroatoms. The standard InChI is InChI=1S/C10H7NO3/c12-8-7(9(13)10(8)14)11-6-4-2-1-3-5-6/h1-5,11-12H. The summed E-state index contributed by atoms with van der Waals surface area (Å²) in [4.78, 5) is 21.6.